The van der Waals surface area contributed by atoms with Gasteiger partial charge in [0.2, 0.25) is 11.6 Å². The molecule has 12 nitrogen and oxygen atoms in total. The van der Waals surface area contributed by atoms with Crippen LogP contribution < -0.4 is 11.5 Å². The van der Waals surface area contributed by atoms with E-state index in [2.05, 4.69) is 30.4 Å². The molecule has 0 amide bonds. The molecule has 0 aliphatic rings. The molecule has 0 aromatic carbocycles. The fraction of sp³-hybridized carbons (Fsp3) is 0.100. The molecule has 0 radical (unpaired) electrons. The predicted molar refractivity (Wildman–Crippen MR) is 69.4 cm³/mol. The number of hydrogen-bond donors (Lipinski definition) is 2. The summed E-state index contributed by atoms with van der Waals surface area (Å²) < 4.78 is 6.54. The second-order valence-electron chi connectivity index (χ2n) is 4.18. The lowest BCUT2D eigenvalue weighted by Crippen LogP contribution is -2.18. The van der Waals surface area contributed by atoms with Crippen LogP contribution >= 0.6 is 0 Å². The normalized spacial score (nSPS) is 10.5. The van der Waals surface area contributed by atoms with Crippen molar-refractivity contribution in [2.45, 2.75) is 6.92 Å². The molecule has 3 aromatic rings. The maximum atomic E-state index is 12.4. The standard InChI is InChI=1S/C10H8N10O2/c1-4-6(10(21)20-8(13)5(2-11)3-14-20)15-18-19(4)9-7(12)16-22-17-9/h3H,13H2,1H3,(H2,12,16). The highest BCUT2D eigenvalue weighted by Gasteiger charge is 2.24. The minimum absolute atomic E-state index is 0.00244. The van der Waals surface area contributed by atoms with Crippen LogP contribution in [0.3, 0.4) is 0 Å². The summed E-state index contributed by atoms with van der Waals surface area (Å²) in [6.07, 6.45) is 1.19. The van der Waals surface area contributed by atoms with E-state index in [9.17, 15) is 4.79 Å². The summed E-state index contributed by atoms with van der Waals surface area (Å²) in [4.78, 5) is 12.4. The highest BCUT2D eigenvalue weighted by atomic mass is 16.6. The maximum Gasteiger partial charge on any atom is 0.302 e. The average Bonchev–Trinajstić information content (AvgIpc) is 3.17. The smallest absolute Gasteiger partial charge is 0.302 e. The van der Waals surface area contributed by atoms with Crippen LogP contribution in [0.2, 0.25) is 0 Å². The summed E-state index contributed by atoms with van der Waals surface area (Å²) in [5, 5.41) is 27.1. The Morgan fingerprint density at radius 1 is 1.41 bits per heavy atom. The lowest BCUT2D eigenvalue weighted by atomic mass is 10.3. The molecular formula is C10H8N10O2. The molecule has 3 rings (SSSR count). The van der Waals surface area contributed by atoms with Crippen molar-refractivity contribution < 1.29 is 9.42 Å². The number of anilines is 2. The molecule has 0 unspecified atom stereocenters. The summed E-state index contributed by atoms with van der Waals surface area (Å²) in [6, 6.07) is 1.82. The number of hydrogen-bond acceptors (Lipinski definition) is 10. The first-order chi connectivity index (χ1) is 10.5. The van der Waals surface area contributed by atoms with Crippen molar-refractivity contribution in [3.05, 3.63) is 23.1 Å². The van der Waals surface area contributed by atoms with Crippen LogP contribution in [-0.2, 0) is 0 Å². The van der Waals surface area contributed by atoms with Crippen molar-refractivity contribution in [1.82, 2.24) is 35.1 Å². The van der Waals surface area contributed by atoms with Crippen LogP contribution in [0.15, 0.2) is 10.8 Å². The fourth-order valence-electron chi connectivity index (χ4n) is 1.77. The van der Waals surface area contributed by atoms with Crippen LogP contribution in [0, 0.1) is 18.3 Å². The van der Waals surface area contributed by atoms with Gasteiger partial charge in [0.1, 0.15) is 17.5 Å². The van der Waals surface area contributed by atoms with E-state index < -0.39 is 5.91 Å². The van der Waals surface area contributed by atoms with E-state index in [4.69, 9.17) is 16.7 Å². The quantitative estimate of drug-likeness (QED) is 0.588. The molecule has 0 bridgehead atoms. The molecule has 0 aliphatic carbocycles. The van der Waals surface area contributed by atoms with E-state index in [-0.39, 0.29) is 28.7 Å². The Bertz CT molecular complexity index is 911. The third kappa shape index (κ3) is 1.77. The van der Waals surface area contributed by atoms with Crippen molar-refractivity contribution in [2.75, 3.05) is 11.5 Å². The zero-order chi connectivity index (χ0) is 15.9. The molecule has 0 aliphatic heterocycles. The topological polar surface area (TPSA) is 180 Å². The van der Waals surface area contributed by atoms with Gasteiger partial charge in [-0.1, -0.05) is 5.21 Å². The lowest BCUT2D eigenvalue weighted by Gasteiger charge is -2.01. The molecule has 0 atom stereocenters. The van der Waals surface area contributed by atoms with Crippen molar-refractivity contribution in [2.24, 2.45) is 0 Å². The highest BCUT2D eigenvalue weighted by Crippen LogP contribution is 2.17. The Hall–Kier alpha value is -3.75. The van der Waals surface area contributed by atoms with Gasteiger partial charge < -0.3 is 11.5 Å². The van der Waals surface area contributed by atoms with E-state index in [0.29, 0.717) is 5.69 Å². The third-order valence-corrected chi connectivity index (χ3v) is 2.91. The zero-order valence-corrected chi connectivity index (χ0v) is 11.1. The minimum atomic E-state index is -0.641. The van der Waals surface area contributed by atoms with Gasteiger partial charge in [0, 0.05) is 0 Å². The van der Waals surface area contributed by atoms with Crippen LogP contribution in [-0.4, -0.2) is 41.0 Å². The number of nitriles is 1. The molecule has 4 N–H and O–H groups in total. The molecule has 0 spiro atoms. The minimum Gasteiger partial charge on any atom is -0.382 e. The second kappa shape index (κ2) is 4.66. The van der Waals surface area contributed by atoms with Crippen LogP contribution in [0.4, 0.5) is 11.6 Å². The predicted octanol–water partition coefficient (Wildman–Crippen LogP) is -1.12. The highest BCUT2D eigenvalue weighted by molar-refractivity contribution is 5.96. The third-order valence-electron chi connectivity index (χ3n) is 2.91. The molecule has 3 heterocycles. The van der Waals surface area contributed by atoms with Gasteiger partial charge in [0.05, 0.1) is 11.9 Å². The van der Waals surface area contributed by atoms with Gasteiger partial charge in [-0.05, 0) is 17.2 Å². The number of carbonyl (C=O) groups excluding carboxylic acids is 1. The first-order valence-electron chi connectivity index (χ1n) is 5.83. The van der Waals surface area contributed by atoms with Gasteiger partial charge in [0.25, 0.3) is 0 Å². The Morgan fingerprint density at radius 2 is 2.18 bits per heavy atom. The van der Waals surface area contributed by atoms with Crippen LogP contribution in [0.25, 0.3) is 5.82 Å². The maximum absolute atomic E-state index is 12.4. The first kappa shape index (κ1) is 13.2. The fourth-order valence-corrected chi connectivity index (χ4v) is 1.77. The molecule has 0 saturated heterocycles. The zero-order valence-electron chi connectivity index (χ0n) is 11.1. The van der Waals surface area contributed by atoms with Gasteiger partial charge in [0.15, 0.2) is 5.69 Å². The van der Waals surface area contributed by atoms with Gasteiger partial charge >= 0.3 is 5.91 Å². The Kier molecular flexibility index (Phi) is 2.81. The van der Waals surface area contributed by atoms with Crippen molar-refractivity contribution >= 4 is 17.5 Å². The molecule has 110 valence electrons. The summed E-state index contributed by atoms with van der Waals surface area (Å²) >= 11 is 0. The molecule has 12 heteroatoms. The molecule has 0 saturated carbocycles. The number of rotatable bonds is 2. The second-order valence-corrected chi connectivity index (χ2v) is 4.18. The van der Waals surface area contributed by atoms with E-state index in [1.807, 2.05) is 6.07 Å². The van der Waals surface area contributed by atoms with Gasteiger partial charge in [-0.2, -0.15) is 19.7 Å². The SMILES string of the molecule is Cc1c(C(=O)n2ncc(C#N)c2N)nnn1-c1nonc1N. The molecular weight excluding hydrogens is 292 g/mol. The summed E-state index contributed by atoms with van der Waals surface area (Å²) in [7, 11) is 0. The first-order valence-corrected chi connectivity index (χ1v) is 5.83. The number of nitrogens with zero attached hydrogens (tertiary/aromatic N) is 8. The van der Waals surface area contributed by atoms with Gasteiger partial charge in [-0.3, -0.25) is 4.79 Å². The Morgan fingerprint density at radius 3 is 2.77 bits per heavy atom. The molecule has 22 heavy (non-hydrogen) atoms. The number of nitrogen functional groups attached to an aromatic ring is 2. The molecule has 3 aromatic heterocycles. The van der Waals surface area contributed by atoms with E-state index >= 15 is 0 Å². The Balaban J connectivity index is 2.05. The summed E-state index contributed by atoms with van der Waals surface area (Å²) in [6.45, 7) is 1.58. The Labute approximate surface area is 121 Å². The lowest BCUT2D eigenvalue weighted by molar-refractivity contribution is 0.0942. The number of aromatic nitrogens is 7. The number of carbonyl (C=O) groups is 1. The van der Waals surface area contributed by atoms with E-state index in [1.54, 1.807) is 6.92 Å². The van der Waals surface area contributed by atoms with Gasteiger partial charge in [-0.25, -0.2) is 4.63 Å². The van der Waals surface area contributed by atoms with Crippen molar-refractivity contribution in [3.63, 3.8) is 0 Å². The van der Waals surface area contributed by atoms with Crippen LogP contribution in [0.5, 0.6) is 0 Å². The van der Waals surface area contributed by atoms with Crippen LogP contribution in [0.1, 0.15) is 21.7 Å². The van der Waals surface area contributed by atoms with E-state index in [1.165, 1.54) is 10.9 Å². The summed E-state index contributed by atoms with van der Waals surface area (Å²) in [5.41, 5.74) is 11.6. The van der Waals surface area contributed by atoms with Gasteiger partial charge in [-0.15, -0.1) is 5.10 Å². The van der Waals surface area contributed by atoms with Crippen molar-refractivity contribution in [3.8, 4) is 11.9 Å². The number of nitrogens with two attached hydrogens (primary N) is 2. The largest absolute Gasteiger partial charge is 0.382 e. The summed E-state index contributed by atoms with van der Waals surface area (Å²) in [5.74, 6) is -0.616. The van der Waals surface area contributed by atoms with E-state index in [0.717, 1.165) is 4.68 Å². The monoisotopic (exact) mass is 300 g/mol. The molecule has 0 fully saturated rings. The van der Waals surface area contributed by atoms with Crippen molar-refractivity contribution in [1.29, 1.82) is 5.26 Å². The average molecular weight is 300 g/mol.